The molecule has 1 saturated heterocycles. The van der Waals surface area contributed by atoms with Gasteiger partial charge >= 0.3 is 0 Å². The van der Waals surface area contributed by atoms with Gasteiger partial charge in [0.1, 0.15) is 5.82 Å². The number of nitro benzene ring substituents is 1. The van der Waals surface area contributed by atoms with E-state index in [9.17, 15) is 18.5 Å². The van der Waals surface area contributed by atoms with E-state index in [4.69, 9.17) is 0 Å². The van der Waals surface area contributed by atoms with Crippen molar-refractivity contribution in [3.8, 4) is 0 Å². The van der Waals surface area contributed by atoms with Gasteiger partial charge in [0.25, 0.3) is 5.69 Å². The Morgan fingerprint density at radius 3 is 2.75 bits per heavy atom. The molecule has 1 aromatic heterocycles. The summed E-state index contributed by atoms with van der Waals surface area (Å²) in [6.45, 7) is 6.79. The van der Waals surface area contributed by atoms with Gasteiger partial charge < -0.3 is 0 Å². The fraction of sp³-hybridized carbons (Fsp3) is 0.529. The highest BCUT2D eigenvalue weighted by atomic mass is 32.2. The summed E-state index contributed by atoms with van der Waals surface area (Å²) in [7, 11) is -3.77. The summed E-state index contributed by atoms with van der Waals surface area (Å²) in [4.78, 5) is 15.5. The molecule has 1 atom stereocenters. The Bertz CT molecular complexity index is 974. The topological polar surface area (TPSA) is 122 Å². The van der Waals surface area contributed by atoms with E-state index in [0.717, 1.165) is 30.7 Å². The third-order valence-electron chi connectivity index (χ3n) is 4.61. The van der Waals surface area contributed by atoms with Crippen LogP contribution in [0, 0.1) is 16.0 Å². The summed E-state index contributed by atoms with van der Waals surface area (Å²) >= 11 is 1.03. The highest BCUT2D eigenvalue weighted by Gasteiger charge is 2.31. The molecule has 2 heterocycles. The van der Waals surface area contributed by atoms with Crippen LogP contribution in [0.25, 0.3) is 0 Å². The van der Waals surface area contributed by atoms with E-state index in [2.05, 4.69) is 15.2 Å². The molecule has 0 spiro atoms. The Kier molecular flexibility index (Phi) is 6.06. The molecule has 28 heavy (non-hydrogen) atoms. The predicted octanol–water partition coefficient (Wildman–Crippen LogP) is 3.41. The minimum atomic E-state index is -3.77. The Morgan fingerprint density at radius 2 is 2.14 bits per heavy atom. The lowest BCUT2D eigenvalue weighted by Gasteiger charge is -2.30. The standard InChI is InChI=1S/C17H23N5O4S2/c1-11(2)16-18-17(20-19-16)27-15-7-6-13(9-14(15)22(23)24)28(25,26)21-8-4-5-12(3)10-21/h6-7,9,11-12H,4-5,8,10H2,1-3H3,(H,18,19,20). The first-order valence-corrected chi connectivity index (χ1v) is 11.3. The van der Waals surface area contributed by atoms with E-state index in [1.54, 1.807) is 0 Å². The zero-order valence-corrected chi connectivity index (χ0v) is 17.6. The van der Waals surface area contributed by atoms with E-state index < -0.39 is 14.9 Å². The number of benzene rings is 1. The van der Waals surface area contributed by atoms with Crippen molar-refractivity contribution in [1.82, 2.24) is 19.5 Å². The lowest BCUT2D eigenvalue weighted by molar-refractivity contribution is -0.388. The molecule has 1 aliphatic rings. The van der Waals surface area contributed by atoms with Crippen molar-refractivity contribution in [2.24, 2.45) is 5.92 Å². The number of aromatic amines is 1. The molecule has 2 aromatic rings. The van der Waals surface area contributed by atoms with Crippen LogP contribution in [0.2, 0.25) is 0 Å². The Labute approximate surface area is 168 Å². The molecule has 1 unspecified atom stereocenters. The van der Waals surface area contributed by atoms with Gasteiger partial charge in [-0.3, -0.25) is 15.2 Å². The van der Waals surface area contributed by atoms with Gasteiger partial charge in [-0.15, -0.1) is 5.10 Å². The van der Waals surface area contributed by atoms with E-state index in [1.165, 1.54) is 16.4 Å². The molecule has 1 N–H and O–H groups in total. The smallest absolute Gasteiger partial charge is 0.262 e. The Morgan fingerprint density at radius 1 is 1.39 bits per heavy atom. The number of piperidine rings is 1. The van der Waals surface area contributed by atoms with Crippen molar-refractivity contribution >= 4 is 27.5 Å². The van der Waals surface area contributed by atoms with Gasteiger partial charge in [-0.1, -0.05) is 20.8 Å². The number of sulfonamides is 1. The van der Waals surface area contributed by atoms with Gasteiger partial charge in [0, 0.05) is 25.1 Å². The van der Waals surface area contributed by atoms with Crippen LogP contribution in [0.3, 0.4) is 0 Å². The molecule has 1 aliphatic heterocycles. The number of nitrogens with zero attached hydrogens (tertiary/aromatic N) is 4. The van der Waals surface area contributed by atoms with Crippen LogP contribution in [-0.4, -0.2) is 45.9 Å². The molecule has 0 radical (unpaired) electrons. The second-order valence-electron chi connectivity index (χ2n) is 7.26. The molecule has 0 amide bonds. The van der Waals surface area contributed by atoms with E-state index >= 15 is 0 Å². The lowest BCUT2D eigenvalue weighted by atomic mass is 10.0. The Hall–Kier alpha value is -1.98. The number of rotatable bonds is 6. The van der Waals surface area contributed by atoms with Crippen LogP contribution < -0.4 is 0 Å². The van der Waals surface area contributed by atoms with Gasteiger partial charge in [0.2, 0.25) is 15.2 Å². The van der Waals surface area contributed by atoms with E-state index in [0.29, 0.717) is 29.0 Å². The van der Waals surface area contributed by atoms with Crippen molar-refractivity contribution in [2.75, 3.05) is 13.1 Å². The number of hydrogen-bond donors (Lipinski definition) is 1. The summed E-state index contributed by atoms with van der Waals surface area (Å²) in [6, 6.07) is 4.00. The van der Waals surface area contributed by atoms with E-state index in [-0.39, 0.29) is 22.4 Å². The summed E-state index contributed by atoms with van der Waals surface area (Å²) < 4.78 is 27.3. The molecule has 0 bridgehead atoms. The highest BCUT2D eigenvalue weighted by molar-refractivity contribution is 7.99. The van der Waals surface area contributed by atoms with E-state index in [1.807, 2.05) is 20.8 Å². The van der Waals surface area contributed by atoms with Crippen LogP contribution >= 0.6 is 11.8 Å². The molecular weight excluding hydrogens is 402 g/mol. The third kappa shape index (κ3) is 4.36. The van der Waals surface area contributed by atoms with Crippen LogP contribution in [0.4, 0.5) is 5.69 Å². The maximum Gasteiger partial charge on any atom is 0.284 e. The number of aromatic nitrogens is 3. The largest absolute Gasteiger partial charge is 0.284 e. The van der Waals surface area contributed by atoms with Gasteiger partial charge in [-0.25, -0.2) is 13.4 Å². The number of nitrogens with one attached hydrogen (secondary N) is 1. The Balaban J connectivity index is 1.91. The van der Waals surface area contributed by atoms with Gasteiger partial charge in [0.15, 0.2) is 0 Å². The molecule has 11 heteroatoms. The molecule has 9 nitrogen and oxygen atoms in total. The van der Waals surface area contributed by atoms with Crippen LogP contribution in [-0.2, 0) is 10.0 Å². The van der Waals surface area contributed by atoms with Crippen molar-refractivity contribution in [3.63, 3.8) is 0 Å². The molecule has 1 fully saturated rings. The SMILES string of the molecule is CC1CCCN(S(=O)(=O)c2ccc(Sc3n[nH]c(C(C)C)n3)c([N+](=O)[O-])c2)C1. The average molecular weight is 426 g/mol. The highest BCUT2D eigenvalue weighted by Crippen LogP contribution is 2.36. The predicted molar refractivity (Wildman–Crippen MR) is 105 cm³/mol. The summed E-state index contributed by atoms with van der Waals surface area (Å²) in [5.41, 5.74) is -0.271. The van der Waals surface area contributed by atoms with Crippen LogP contribution in [0.1, 0.15) is 45.4 Å². The zero-order valence-electron chi connectivity index (χ0n) is 16.0. The number of H-pyrrole nitrogens is 1. The summed E-state index contributed by atoms with van der Waals surface area (Å²) in [5.74, 6) is 1.11. The molecule has 0 aliphatic carbocycles. The average Bonchev–Trinajstić information content (AvgIpc) is 3.10. The van der Waals surface area contributed by atoms with Gasteiger partial charge in [-0.05, 0) is 42.7 Å². The van der Waals surface area contributed by atoms with Crippen LogP contribution in [0.15, 0.2) is 33.1 Å². The fourth-order valence-electron chi connectivity index (χ4n) is 3.06. The fourth-order valence-corrected chi connectivity index (χ4v) is 5.49. The monoisotopic (exact) mass is 425 g/mol. The van der Waals surface area contributed by atoms with Crippen molar-refractivity contribution in [3.05, 3.63) is 34.1 Å². The molecule has 152 valence electrons. The zero-order chi connectivity index (χ0) is 20.5. The van der Waals surface area contributed by atoms with Gasteiger partial charge in [-0.2, -0.15) is 4.31 Å². The second-order valence-corrected chi connectivity index (χ2v) is 10.2. The summed E-state index contributed by atoms with van der Waals surface area (Å²) in [5, 5.41) is 18.8. The number of hydrogen-bond acceptors (Lipinski definition) is 7. The first-order valence-electron chi connectivity index (χ1n) is 9.07. The summed E-state index contributed by atoms with van der Waals surface area (Å²) in [6.07, 6.45) is 1.77. The van der Waals surface area contributed by atoms with Crippen molar-refractivity contribution < 1.29 is 13.3 Å². The first kappa shape index (κ1) is 20.7. The van der Waals surface area contributed by atoms with Crippen LogP contribution in [0.5, 0.6) is 0 Å². The first-order chi connectivity index (χ1) is 13.2. The maximum atomic E-state index is 12.9. The third-order valence-corrected chi connectivity index (χ3v) is 7.41. The van der Waals surface area contributed by atoms with Crippen molar-refractivity contribution in [2.45, 2.75) is 54.5 Å². The maximum absolute atomic E-state index is 12.9. The normalized spacial score (nSPS) is 18.5. The molecule has 0 saturated carbocycles. The van der Waals surface area contributed by atoms with Gasteiger partial charge in [0.05, 0.1) is 14.7 Å². The second kappa shape index (κ2) is 8.18. The lowest BCUT2D eigenvalue weighted by Crippen LogP contribution is -2.39. The minimum absolute atomic E-state index is 0.0597. The molecule has 3 rings (SSSR count). The number of nitro groups is 1. The minimum Gasteiger partial charge on any atom is -0.262 e. The molecule has 1 aromatic carbocycles. The van der Waals surface area contributed by atoms with Crippen molar-refractivity contribution in [1.29, 1.82) is 0 Å². The quantitative estimate of drug-likeness (QED) is 0.556. The molecular formula is C17H23N5O4S2.